The molecule has 6 heterocycles. The number of aliphatic hydroxyl groups excluding tert-OH is 18. The van der Waals surface area contributed by atoms with Gasteiger partial charge in [-0.05, 0) is 123 Å². The second kappa shape index (κ2) is 38.2. The van der Waals surface area contributed by atoms with E-state index in [-0.39, 0.29) is 43.9 Å². The van der Waals surface area contributed by atoms with Crippen molar-refractivity contribution in [2.24, 2.45) is 62.1 Å². The number of hydrogen-bond acceptors (Lipinski definition) is 37. The quantitative estimate of drug-likeness (QED) is 0.0115. The van der Waals surface area contributed by atoms with Crippen LogP contribution >= 0.6 is 0 Å². The summed E-state index contributed by atoms with van der Waals surface area (Å²) in [6.45, 7) is 20.3. The summed E-state index contributed by atoms with van der Waals surface area (Å²) in [7, 11) is 0. The predicted molar refractivity (Wildman–Crippen MR) is 405 cm³/mol. The standard InChI is InChI=1S/C82H132O38/c1-13-33(3)42(110-50(90)25-38(87)24-43(34(4)14-2)111-72-60(100)54(94)45(30-84)112-72)23-37(86)26-51(91)115-65-36(6)109-74(68(63(65)103)119-71-62(102)58(98)64(35(5)108-71)116-70-59(99)52(92)41(88)31-107-70)120-76(106)82-22-21-77(7,8)27-40(82)39-15-16-47-78(9)19-18-49(79(10,32-85)46(78)17-20-80(47,11)81(39,12)28-48(82)89)114-75-67(57(97)56(96)66(117-75)69(104)105)118-73-61(101)55(95)53(93)44(29-83)113-73/h15,32-38,40-49,52-68,70-75,83-84,86-89,92-103H,13-14,16-31H2,1-12H3,(H,104,105)/t33-,34-,35-,36-,37?,38?,40-,41+,42?,43?,44+,45-,46?,47?,48+,49-,52-,53-,54-,55-,56-,57-,58-,59+,60+,61+,62+,63+,64-,65+,66-,67+,68-,70-,71-,72+,73-,74+,75?,78-,79-,80+,81+,82+/m0/s1. The molecule has 38 heteroatoms. The zero-order chi connectivity index (χ0) is 88.4. The van der Waals surface area contributed by atoms with Crippen molar-refractivity contribution in [2.45, 2.75) is 388 Å². The summed E-state index contributed by atoms with van der Waals surface area (Å²) in [4.78, 5) is 70.7. The van der Waals surface area contributed by atoms with Gasteiger partial charge in [-0.2, -0.15) is 0 Å². The van der Waals surface area contributed by atoms with Gasteiger partial charge in [0.05, 0.1) is 80.8 Å². The minimum absolute atomic E-state index is 0.00483. The second-order valence-corrected chi connectivity index (χ2v) is 37.7. The van der Waals surface area contributed by atoms with E-state index >= 15 is 4.79 Å². The molecule has 10 fully saturated rings. The van der Waals surface area contributed by atoms with Crippen LogP contribution in [0.1, 0.15) is 179 Å². The molecule has 0 bridgehead atoms. The van der Waals surface area contributed by atoms with Gasteiger partial charge in [0.25, 0.3) is 0 Å². The van der Waals surface area contributed by atoms with E-state index in [1.54, 1.807) is 20.8 Å². The van der Waals surface area contributed by atoms with Gasteiger partial charge < -0.3 is 168 Å². The van der Waals surface area contributed by atoms with Gasteiger partial charge in [-0.15, -0.1) is 0 Å². The van der Waals surface area contributed by atoms with Gasteiger partial charge in [-0.3, -0.25) is 14.4 Å². The summed E-state index contributed by atoms with van der Waals surface area (Å²) >= 11 is 0. The van der Waals surface area contributed by atoms with Crippen molar-refractivity contribution < 1.29 is 187 Å². The Kier molecular flexibility index (Phi) is 30.8. The van der Waals surface area contributed by atoms with Crippen LogP contribution in [0, 0.1) is 62.1 Å². The lowest BCUT2D eigenvalue weighted by atomic mass is 9.33. The predicted octanol–water partition coefficient (Wildman–Crippen LogP) is -2.61. The molecular formula is C82H132O38. The monoisotopic (exact) mass is 1720 g/mol. The molecule has 0 aromatic carbocycles. The first-order valence-corrected chi connectivity index (χ1v) is 42.5. The van der Waals surface area contributed by atoms with Gasteiger partial charge in [0.1, 0.15) is 122 Å². The van der Waals surface area contributed by atoms with Crippen LogP contribution < -0.4 is 0 Å². The van der Waals surface area contributed by atoms with E-state index in [4.69, 9.17) is 66.3 Å². The summed E-state index contributed by atoms with van der Waals surface area (Å²) in [6.07, 6.45) is -51.8. The van der Waals surface area contributed by atoms with Gasteiger partial charge in [0.15, 0.2) is 49.8 Å². The normalized spacial score (nSPS) is 47.9. The Bertz CT molecular complexity index is 3500. The van der Waals surface area contributed by atoms with Crippen molar-refractivity contribution in [2.75, 3.05) is 19.8 Å². The zero-order valence-corrected chi connectivity index (χ0v) is 70.2. The third kappa shape index (κ3) is 18.5. The highest BCUT2D eigenvalue weighted by molar-refractivity contribution is 5.80. The number of aliphatic hydroxyl groups is 18. The number of aliphatic carboxylic acids is 1. The first-order valence-electron chi connectivity index (χ1n) is 42.5. The number of rotatable bonds is 30. The van der Waals surface area contributed by atoms with Crippen LogP contribution in [-0.4, -0.2) is 356 Å². The topological polar surface area (TPSA) is 599 Å². The van der Waals surface area contributed by atoms with Crippen LogP contribution in [0.15, 0.2) is 11.6 Å². The van der Waals surface area contributed by atoms with Crippen LogP contribution in [-0.2, 0) is 90.3 Å². The minimum atomic E-state index is -2.14. The molecular weight excluding hydrogens is 1590 g/mol. The number of esters is 3. The summed E-state index contributed by atoms with van der Waals surface area (Å²) in [6, 6.07) is 0. The molecule has 6 aliphatic heterocycles. The van der Waals surface area contributed by atoms with Crippen molar-refractivity contribution in [3.63, 3.8) is 0 Å². The molecule has 0 aromatic heterocycles. The molecule has 11 rings (SSSR count). The Balaban J connectivity index is 0.822. The molecule has 6 saturated heterocycles. The highest BCUT2D eigenvalue weighted by Gasteiger charge is 2.73. The Labute approximate surface area is 696 Å². The Hall–Kier alpha value is -3.87. The molecule has 7 unspecified atom stereocenters. The van der Waals surface area contributed by atoms with Crippen molar-refractivity contribution >= 4 is 30.2 Å². The summed E-state index contributed by atoms with van der Waals surface area (Å²) in [5.41, 5.74) is -4.95. The molecule has 38 nitrogen and oxygen atoms in total. The van der Waals surface area contributed by atoms with Crippen LogP contribution in [0.3, 0.4) is 0 Å². The number of carboxylic acids is 1. The first-order chi connectivity index (χ1) is 56.2. The van der Waals surface area contributed by atoms with Crippen LogP contribution in [0.4, 0.5) is 0 Å². The highest BCUT2D eigenvalue weighted by atomic mass is 16.8. The molecule has 0 amide bonds. The maximum atomic E-state index is 16.1. The van der Waals surface area contributed by atoms with Gasteiger partial charge in [-0.1, -0.05) is 93.7 Å². The van der Waals surface area contributed by atoms with Gasteiger partial charge in [0.2, 0.25) is 6.29 Å². The largest absolute Gasteiger partial charge is 0.479 e. The summed E-state index contributed by atoms with van der Waals surface area (Å²) in [5, 5.41) is 209. The smallest absolute Gasteiger partial charge is 0.335 e. The van der Waals surface area contributed by atoms with Crippen molar-refractivity contribution in [3.8, 4) is 0 Å². The fourth-order valence-electron chi connectivity index (χ4n) is 21.7. The molecule has 5 aliphatic carbocycles. The minimum Gasteiger partial charge on any atom is -0.479 e. The molecule has 688 valence electrons. The van der Waals surface area contributed by atoms with Crippen molar-refractivity contribution in [3.05, 3.63) is 11.6 Å². The van der Waals surface area contributed by atoms with Gasteiger partial charge in [0, 0.05) is 12.8 Å². The van der Waals surface area contributed by atoms with Crippen molar-refractivity contribution in [1.29, 1.82) is 0 Å². The van der Waals surface area contributed by atoms with Crippen molar-refractivity contribution in [1.82, 2.24) is 0 Å². The first kappa shape index (κ1) is 96.8. The lowest BCUT2D eigenvalue weighted by molar-refractivity contribution is -0.374. The number of fused-ring (bicyclic) bond motifs is 7. The van der Waals surface area contributed by atoms with Gasteiger partial charge >= 0.3 is 23.9 Å². The number of carbonyl (C=O) groups is 5. The maximum absolute atomic E-state index is 16.1. The zero-order valence-electron chi connectivity index (χ0n) is 70.2. The number of ether oxygens (including phenoxy) is 14. The maximum Gasteiger partial charge on any atom is 0.335 e. The van der Waals surface area contributed by atoms with E-state index in [0.29, 0.717) is 51.4 Å². The van der Waals surface area contributed by atoms with E-state index in [1.165, 1.54) is 13.8 Å². The second-order valence-electron chi connectivity index (χ2n) is 37.7. The summed E-state index contributed by atoms with van der Waals surface area (Å²) < 4.78 is 84.0. The molecule has 0 radical (unpaired) electrons. The molecule has 0 aromatic rings. The number of hydrogen-bond donors (Lipinski definition) is 19. The molecule has 44 atom stereocenters. The Morgan fingerprint density at radius 1 is 0.542 bits per heavy atom. The van der Waals surface area contributed by atoms with Crippen LogP contribution in [0.5, 0.6) is 0 Å². The average Bonchev–Trinajstić information content (AvgIpc) is 0.705. The average molecular weight is 1730 g/mol. The molecule has 19 N–H and O–H groups in total. The van der Waals surface area contributed by atoms with E-state index < -0.39 is 315 Å². The molecule has 11 aliphatic rings. The fourth-order valence-corrected chi connectivity index (χ4v) is 21.7. The van der Waals surface area contributed by atoms with E-state index in [9.17, 15) is 116 Å². The summed E-state index contributed by atoms with van der Waals surface area (Å²) in [5.74, 6) is -6.72. The van der Waals surface area contributed by atoms with Gasteiger partial charge in [-0.25, -0.2) is 4.79 Å². The number of allylic oxidation sites excluding steroid dienone is 2. The Morgan fingerprint density at radius 3 is 1.71 bits per heavy atom. The SMILES string of the molecule is CC[C@H](C)C(CC(O)CC(=O)O[C@H]1[C@@H](O)[C@H](O[C@@H]2O[C@@H](C)[C@H](O[C@@H]3OC[C@@H](O)[C@H](O)[C@H]3O)[C@@H](O)[C@H]2O)[C@@H](OC(=O)[C@]23CCC(C)(C)C[C@H]2C2=CCC4[C@@]5(C)CC[C@H](OC6O[C@H](C(=O)O)[C@@H](O)[C@H](O)[C@H]6O[C@@H]6O[C@H](CO)[C@H](O)[C@H](O)[C@H]6O)[C@@](C)(C=O)C5CC[C@@]4(C)[C@]2(C)C[C@H]3O)O[C@H]1C)OC(=O)CC(O)CC(O[C@@H]1O[C@@H](CO)[C@H](O)[C@H]1O)[C@@H](C)CC. The fraction of sp³-hybridized carbons (Fsp3) is 0.915. The van der Waals surface area contributed by atoms with Crippen LogP contribution in [0.25, 0.3) is 0 Å². The van der Waals surface area contributed by atoms with Crippen LogP contribution in [0.2, 0.25) is 0 Å². The van der Waals surface area contributed by atoms with E-state index in [2.05, 4.69) is 40.7 Å². The lowest BCUT2D eigenvalue weighted by Crippen LogP contribution is -2.69. The third-order valence-corrected chi connectivity index (χ3v) is 29.7. The molecule has 120 heavy (non-hydrogen) atoms. The third-order valence-electron chi connectivity index (χ3n) is 29.7. The lowest BCUT2D eigenvalue weighted by Gasteiger charge is -2.71. The molecule has 4 saturated carbocycles. The number of aldehydes is 1. The Morgan fingerprint density at radius 2 is 1.08 bits per heavy atom. The van der Waals surface area contributed by atoms with E-state index in [0.717, 1.165) is 11.9 Å². The highest BCUT2D eigenvalue weighted by Crippen LogP contribution is 2.76. The van der Waals surface area contributed by atoms with E-state index in [1.807, 2.05) is 13.8 Å². The number of carbonyl (C=O) groups excluding carboxylic acids is 4. The number of carboxylic acid groups (broad SMARTS) is 1. The molecule has 0 spiro atoms.